The zero-order valence-electron chi connectivity index (χ0n) is 14.1. The van der Waals surface area contributed by atoms with Gasteiger partial charge in [0.1, 0.15) is 0 Å². The van der Waals surface area contributed by atoms with Gasteiger partial charge in [0.15, 0.2) is 5.78 Å². The molecular weight excluding hydrogens is 340 g/mol. The summed E-state index contributed by atoms with van der Waals surface area (Å²) in [6.07, 6.45) is 0.164. The summed E-state index contributed by atoms with van der Waals surface area (Å²) in [5.74, 6) is -0.547. The van der Waals surface area contributed by atoms with E-state index in [2.05, 4.69) is 5.32 Å². The Kier molecular flexibility index (Phi) is 6.31. The summed E-state index contributed by atoms with van der Waals surface area (Å²) in [5, 5.41) is 3.27. The first kappa shape index (κ1) is 18.7. The van der Waals surface area contributed by atoms with Gasteiger partial charge in [0.25, 0.3) is 5.91 Å². The fraction of sp³-hybridized carbons (Fsp3) is 0.211. The average molecular weight is 359 g/mol. The Labute approximate surface area is 151 Å². The number of nitrogens with zero attached hydrogens (tertiary/aromatic N) is 1. The number of benzene rings is 2. The van der Waals surface area contributed by atoms with Crippen LogP contribution >= 0.6 is 11.6 Å². The van der Waals surface area contributed by atoms with Gasteiger partial charge in [-0.3, -0.25) is 14.4 Å². The molecule has 0 atom stereocenters. The van der Waals surface area contributed by atoms with E-state index >= 15 is 0 Å². The second kappa shape index (κ2) is 8.44. The Morgan fingerprint density at radius 3 is 2.28 bits per heavy atom. The molecule has 0 aliphatic carbocycles. The lowest BCUT2D eigenvalue weighted by Crippen LogP contribution is -2.22. The Morgan fingerprint density at radius 1 is 0.960 bits per heavy atom. The molecule has 6 heteroatoms. The Morgan fingerprint density at radius 2 is 1.64 bits per heavy atom. The van der Waals surface area contributed by atoms with Crippen molar-refractivity contribution < 1.29 is 14.4 Å². The summed E-state index contributed by atoms with van der Waals surface area (Å²) in [4.78, 5) is 37.5. The van der Waals surface area contributed by atoms with Gasteiger partial charge in [0.05, 0.1) is 0 Å². The molecule has 2 amide bonds. The average Bonchev–Trinajstić information content (AvgIpc) is 2.59. The van der Waals surface area contributed by atoms with Crippen LogP contribution in [0.5, 0.6) is 0 Å². The molecular formula is C19H19ClN2O3. The fourth-order valence-corrected chi connectivity index (χ4v) is 2.34. The number of halogens is 1. The standard InChI is InChI=1S/C19H19ClN2O3/c1-22(2)19(25)14-4-3-5-16(12-14)21-18(24)11-10-17(23)13-6-8-15(20)9-7-13/h3-9,12H,10-11H2,1-2H3,(H,21,24). The normalized spacial score (nSPS) is 10.2. The van der Waals surface area contributed by atoms with Crippen LogP contribution < -0.4 is 5.32 Å². The van der Waals surface area contributed by atoms with Crippen LogP contribution in [0.15, 0.2) is 48.5 Å². The van der Waals surface area contributed by atoms with Gasteiger partial charge in [-0.2, -0.15) is 0 Å². The van der Waals surface area contributed by atoms with Gasteiger partial charge in [0, 0.05) is 48.8 Å². The summed E-state index contributed by atoms with van der Waals surface area (Å²) < 4.78 is 0. The molecule has 5 nitrogen and oxygen atoms in total. The molecule has 0 unspecified atom stereocenters. The molecule has 2 aromatic rings. The molecule has 0 saturated heterocycles. The number of carbonyl (C=O) groups is 3. The van der Waals surface area contributed by atoms with Crippen molar-refractivity contribution in [1.82, 2.24) is 4.90 Å². The van der Waals surface area contributed by atoms with Gasteiger partial charge in [-0.25, -0.2) is 0 Å². The largest absolute Gasteiger partial charge is 0.345 e. The molecule has 0 saturated carbocycles. The number of rotatable bonds is 6. The van der Waals surface area contributed by atoms with Crippen LogP contribution in [0, 0.1) is 0 Å². The molecule has 0 fully saturated rings. The van der Waals surface area contributed by atoms with E-state index < -0.39 is 0 Å². The minimum atomic E-state index is -0.281. The molecule has 0 aliphatic heterocycles. The molecule has 25 heavy (non-hydrogen) atoms. The van der Waals surface area contributed by atoms with Crippen LogP contribution in [-0.4, -0.2) is 36.6 Å². The van der Waals surface area contributed by atoms with Crippen LogP contribution in [0.4, 0.5) is 5.69 Å². The maximum absolute atomic E-state index is 12.1. The van der Waals surface area contributed by atoms with Crippen molar-refractivity contribution in [3.8, 4) is 0 Å². The van der Waals surface area contributed by atoms with E-state index in [1.807, 2.05) is 0 Å². The molecule has 0 heterocycles. The molecule has 0 bridgehead atoms. The summed E-state index contributed by atoms with van der Waals surface area (Å²) in [6.45, 7) is 0. The minimum absolute atomic E-state index is 0.0628. The van der Waals surface area contributed by atoms with E-state index in [9.17, 15) is 14.4 Å². The molecule has 0 radical (unpaired) electrons. The maximum Gasteiger partial charge on any atom is 0.253 e. The van der Waals surface area contributed by atoms with Crippen molar-refractivity contribution in [1.29, 1.82) is 0 Å². The number of hydrogen-bond donors (Lipinski definition) is 1. The fourth-order valence-electron chi connectivity index (χ4n) is 2.22. The number of amides is 2. The highest BCUT2D eigenvalue weighted by atomic mass is 35.5. The van der Waals surface area contributed by atoms with Gasteiger partial charge < -0.3 is 10.2 Å². The van der Waals surface area contributed by atoms with E-state index in [0.717, 1.165) is 0 Å². The molecule has 2 rings (SSSR count). The predicted octanol–water partition coefficient (Wildman–Crippen LogP) is 3.64. The van der Waals surface area contributed by atoms with Crippen LogP contribution in [0.3, 0.4) is 0 Å². The van der Waals surface area contributed by atoms with Gasteiger partial charge in [-0.05, 0) is 42.5 Å². The number of nitrogens with one attached hydrogen (secondary N) is 1. The summed E-state index contributed by atoms with van der Waals surface area (Å²) in [5.41, 5.74) is 1.53. The van der Waals surface area contributed by atoms with Crippen LogP contribution in [0.1, 0.15) is 33.6 Å². The second-order valence-electron chi connectivity index (χ2n) is 5.76. The highest BCUT2D eigenvalue weighted by Crippen LogP contribution is 2.14. The van der Waals surface area contributed by atoms with Crippen molar-refractivity contribution in [3.05, 3.63) is 64.7 Å². The lowest BCUT2D eigenvalue weighted by molar-refractivity contribution is -0.116. The Hall–Kier alpha value is -2.66. The Bertz CT molecular complexity index is 786. The second-order valence-corrected chi connectivity index (χ2v) is 6.20. The molecule has 1 N–H and O–H groups in total. The zero-order chi connectivity index (χ0) is 18.4. The third-order valence-corrected chi connectivity index (χ3v) is 3.80. The zero-order valence-corrected chi connectivity index (χ0v) is 14.8. The number of Topliss-reactive ketones (excluding diaryl/α,β-unsaturated/α-hetero) is 1. The SMILES string of the molecule is CN(C)C(=O)c1cccc(NC(=O)CCC(=O)c2ccc(Cl)cc2)c1. The van der Waals surface area contributed by atoms with Crippen molar-refractivity contribution in [2.24, 2.45) is 0 Å². The highest BCUT2D eigenvalue weighted by Gasteiger charge is 2.12. The first-order chi connectivity index (χ1) is 11.9. The lowest BCUT2D eigenvalue weighted by atomic mass is 10.1. The predicted molar refractivity (Wildman–Crippen MR) is 98.1 cm³/mol. The number of ketones is 1. The van der Waals surface area contributed by atoms with Crippen molar-refractivity contribution >= 4 is 34.9 Å². The number of carbonyl (C=O) groups excluding carboxylic acids is 3. The van der Waals surface area contributed by atoms with Gasteiger partial charge in [-0.1, -0.05) is 17.7 Å². The summed E-state index contributed by atoms with van der Waals surface area (Å²) in [7, 11) is 3.33. The van der Waals surface area contributed by atoms with Crippen LogP contribution in [0.2, 0.25) is 5.02 Å². The van der Waals surface area contributed by atoms with Gasteiger partial charge in [0.2, 0.25) is 5.91 Å². The molecule has 0 aromatic heterocycles. The number of anilines is 1. The summed E-state index contributed by atoms with van der Waals surface area (Å²) in [6, 6.07) is 13.3. The van der Waals surface area contributed by atoms with E-state index in [1.165, 1.54) is 4.90 Å². The van der Waals surface area contributed by atoms with E-state index in [1.54, 1.807) is 62.6 Å². The van der Waals surface area contributed by atoms with Crippen LogP contribution in [0.25, 0.3) is 0 Å². The highest BCUT2D eigenvalue weighted by molar-refractivity contribution is 6.30. The first-order valence-corrected chi connectivity index (χ1v) is 8.15. The third-order valence-electron chi connectivity index (χ3n) is 3.54. The minimum Gasteiger partial charge on any atom is -0.345 e. The summed E-state index contributed by atoms with van der Waals surface area (Å²) >= 11 is 5.79. The smallest absolute Gasteiger partial charge is 0.253 e. The lowest BCUT2D eigenvalue weighted by Gasteiger charge is -2.11. The topological polar surface area (TPSA) is 66.5 Å². The maximum atomic E-state index is 12.1. The monoisotopic (exact) mass is 358 g/mol. The van der Waals surface area contributed by atoms with E-state index in [0.29, 0.717) is 21.8 Å². The van der Waals surface area contributed by atoms with Gasteiger partial charge >= 0.3 is 0 Å². The molecule has 0 spiro atoms. The van der Waals surface area contributed by atoms with E-state index in [-0.39, 0.29) is 30.4 Å². The van der Waals surface area contributed by atoms with Gasteiger partial charge in [-0.15, -0.1) is 0 Å². The molecule has 2 aromatic carbocycles. The molecule has 130 valence electrons. The third kappa shape index (κ3) is 5.43. The van der Waals surface area contributed by atoms with Crippen LogP contribution in [-0.2, 0) is 4.79 Å². The Balaban J connectivity index is 1.92. The number of hydrogen-bond acceptors (Lipinski definition) is 3. The van der Waals surface area contributed by atoms with Crippen molar-refractivity contribution in [2.45, 2.75) is 12.8 Å². The van der Waals surface area contributed by atoms with E-state index in [4.69, 9.17) is 11.6 Å². The van der Waals surface area contributed by atoms with Crippen molar-refractivity contribution in [3.63, 3.8) is 0 Å². The molecule has 0 aliphatic rings. The quantitative estimate of drug-likeness (QED) is 0.801. The van der Waals surface area contributed by atoms with Crippen molar-refractivity contribution in [2.75, 3.05) is 19.4 Å². The first-order valence-electron chi connectivity index (χ1n) is 7.77.